The minimum absolute atomic E-state index is 0.230. The number of hydrogen-bond acceptors (Lipinski definition) is 6. The second-order valence-corrected chi connectivity index (χ2v) is 10.7. The van der Waals surface area contributed by atoms with E-state index in [0.29, 0.717) is 49.3 Å². The molecule has 0 bridgehead atoms. The highest BCUT2D eigenvalue weighted by Crippen LogP contribution is 2.42. The van der Waals surface area contributed by atoms with E-state index in [1.165, 1.54) is 16.0 Å². The van der Waals surface area contributed by atoms with Crippen LogP contribution in [0.1, 0.15) is 71.3 Å². The van der Waals surface area contributed by atoms with Crippen molar-refractivity contribution in [1.82, 2.24) is 5.32 Å². The molecule has 0 saturated heterocycles. The summed E-state index contributed by atoms with van der Waals surface area (Å²) in [5, 5.41) is 11.3. The van der Waals surface area contributed by atoms with E-state index >= 15 is 0 Å². The standard InChI is InChI=1S/C27H37NO5S/c1-5-24-21-16-27(2,3)12-11-20(21)26(34-24)22(30)10-8-18-7-9-19(15-23(18)32-4)33-14-6-13-28-25(31)17-29/h7,9,15,29H,5-6,8,10-14,16-17H2,1-4H3,(H,28,31). The van der Waals surface area contributed by atoms with E-state index in [1.807, 2.05) is 18.2 Å². The summed E-state index contributed by atoms with van der Waals surface area (Å²) >= 11 is 1.71. The summed E-state index contributed by atoms with van der Waals surface area (Å²) in [5.41, 5.74) is 4.03. The zero-order valence-corrected chi connectivity index (χ0v) is 21.6. The number of thiophene rings is 1. The Bertz CT molecular complexity index is 1010. The highest BCUT2D eigenvalue weighted by Gasteiger charge is 2.31. The molecule has 1 aromatic carbocycles. The Morgan fingerprint density at radius 1 is 1.24 bits per heavy atom. The van der Waals surface area contributed by atoms with Crippen molar-refractivity contribution in [2.45, 2.75) is 65.7 Å². The molecule has 1 aliphatic rings. The number of Topliss-reactive ketones (excluding diaryl/α,β-unsaturated/α-hetero) is 1. The summed E-state index contributed by atoms with van der Waals surface area (Å²) in [7, 11) is 1.62. The van der Waals surface area contributed by atoms with Gasteiger partial charge in [-0.05, 0) is 66.7 Å². The van der Waals surface area contributed by atoms with Gasteiger partial charge in [0.1, 0.15) is 18.1 Å². The molecule has 0 fully saturated rings. The number of aryl methyl sites for hydroxylation is 2. The van der Waals surface area contributed by atoms with Crippen LogP contribution in [0, 0.1) is 5.41 Å². The fourth-order valence-electron chi connectivity index (χ4n) is 4.49. The average molecular weight is 488 g/mol. The number of nitrogens with one attached hydrogen (secondary N) is 1. The number of amides is 1. The lowest BCUT2D eigenvalue weighted by Crippen LogP contribution is -2.27. The van der Waals surface area contributed by atoms with Crippen LogP contribution in [0.25, 0.3) is 0 Å². The molecule has 0 spiro atoms. The molecule has 0 radical (unpaired) electrons. The summed E-state index contributed by atoms with van der Waals surface area (Å²) < 4.78 is 11.3. The fourth-order valence-corrected chi connectivity index (χ4v) is 5.77. The maximum absolute atomic E-state index is 13.2. The molecule has 1 aliphatic carbocycles. The number of aliphatic hydroxyl groups is 1. The van der Waals surface area contributed by atoms with Crippen molar-refractivity contribution >= 4 is 23.0 Å². The van der Waals surface area contributed by atoms with Gasteiger partial charge in [-0.3, -0.25) is 9.59 Å². The summed E-state index contributed by atoms with van der Waals surface area (Å²) in [6.07, 6.45) is 5.89. The number of ether oxygens (including phenoxy) is 2. The quantitative estimate of drug-likeness (QED) is 0.340. The Morgan fingerprint density at radius 2 is 2.03 bits per heavy atom. The SMILES string of the molecule is CCc1sc(C(=O)CCc2ccc(OCCCNC(=O)CO)cc2OC)c2c1CC(C)(C)CC2. The zero-order valence-electron chi connectivity index (χ0n) is 20.8. The Hall–Kier alpha value is -2.38. The molecule has 34 heavy (non-hydrogen) atoms. The first-order chi connectivity index (χ1) is 16.3. The van der Waals surface area contributed by atoms with Gasteiger partial charge in [0.05, 0.1) is 18.6 Å². The topological polar surface area (TPSA) is 84.9 Å². The van der Waals surface area contributed by atoms with Gasteiger partial charge in [-0.1, -0.05) is 26.8 Å². The monoisotopic (exact) mass is 487 g/mol. The third-order valence-electron chi connectivity index (χ3n) is 6.42. The van der Waals surface area contributed by atoms with E-state index in [1.54, 1.807) is 18.4 Å². The Kier molecular flexibility index (Phi) is 9.14. The highest BCUT2D eigenvalue weighted by molar-refractivity contribution is 7.14. The molecule has 7 heteroatoms. The number of ketones is 1. The first-order valence-electron chi connectivity index (χ1n) is 12.1. The van der Waals surface area contributed by atoms with Crippen molar-refractivity contribution in [2.24, 2.45) is 5.41 Å². The summed E-state index contributed by atoms with van der Waals surface area (Å²) in [6.45, 7) is 7.20. The molecule has 0 unspecified atom stereocenters. The highest BCUT2D eigenvalue weighted by atomic mass is 32.1. The van der Waals surface area contributed by atoms with Crippen LogP contribution in [-0.4, -0.2) is 43.7 Å². The minimum atomic E-state index is -0.505. The number of rotatable bonds is 12. The number of hydrogen-bond donors (Lipinski definition) is 2. The first kappa shape index (κ1) is 26.2. The van der Waals surface area contributed by atoms with Crippen molar-refractivity contribution in [3.8, 4) is 11.5 Å². The van der Waals surface area contributed by atoms with Gasteiger partial charge in [-0.15, -0.1) is 11.3 Å². The second-order valence-electron chi connectivity index (χ2n) is 9.61. The Labute approximate surface area is 206 Å². The molecule has 0 saturated carbocycles. The third-order valence-corrected chi connectivity index (χ3v) is 7.88. The lowest BCUT2D eigenvalue weighted by molar-refractivity contribution is -0.123. The average Bonchev–Trinajstić information content (AvgIpc) is 3.19. The van der Waals surface area contributed by atoms with Crippen LogP contribution in [0.3, 0.4) is 0 Å². The number of benzene rings is 1. The van der Waals surface area contributed by atoms with Crippen molar-refractivity contribution in [3.63, 3.8) is 0 Å². The van der Waals surface area contributed by atoms with E-state index in [4.69, 9.17) is 14.6 Å². The molecular weight excluding hydrogens is 450 g/mol. The molecule has 1 heterocycles. The van der Waals surface area contributed by atoms with Crippen LogP contribution in [0.15, 0.2) is 18.2 Å². The van der Waals surface area contributed by atoms with Gasteiger partial charge in [0, 0.05) is 23.9 Å². The van der Waals surface area contributed by atoms with Gasteiger partial charge in [0.25, 0.3) is 0 Å². The molecule has 2 N–H and O–H groups in total. The molecule has 3 rings (SSSR count). The van der Waals surface area contributed by atoms with Crippen LogP contribution in [-0.2, 0) is 30.5 Å². The van der Waals surface area contributed by atoms with Crippen molar-refractivity contribution in [3.05, 3.63) is 44.6 Å². The van der Waals surface area contributed by atoms with E-state index in [2.05, 4.69) is 26.1 Å². The fraction of sp³-hybridized carbons (Fsp3) is 0.556. The maximum Gasteiger partial charge on any atom is 0.245 e. The minimum Gasteiger partial charge on any atom is -0.496 e. The molecule has 186 valence electrons. The molecule has 0 atom stereocenters. The molecule has 1 amide bonds. The predicted octanol–water partition coefficient (Wildman–Crippen LogP) is 4.53. The molecule has 0 aliphatic heterocycles. The molecule has 1 aromatic heterocycles. The predicted molar refractivity (Wildman–Crippen MR) is 135 cm³/mol. The number of carbonyl (C=O) groups is 2. The number of fused-ring (bicyclic) bond motifs is 1. The van der Waals surface area contributed by atoms with Gasteiger partial charge in [0.15, 0.2) is 5.78 Å². The molecular formula is C27H37NO5S. The third kappa shape index (κ3) is 6.60. The van der Waals surface area contributed by atoms with Gasteiger partial charge < -0.3 is 19.9 Å². The largest absolute Gasteiger partial charge is 0.496 e. The van der Waals surface area contributed by atoms with Crippen LogP contribution >= 0.6 is 11.3 Å². The first-order valence-corrected chi connectivity index (χ1v) is 12.9. The molecule has 6 nitrogen and oxygen atoms in total. The summed E-state index contributed by atoms with van der Waals surface area (Å²) in [4.78, 5) is 26.6. The Balaban J connectivity index is 1.59. The summed E-state index contributed by atoms with van der Waals surface area (Å²) in [6, 6.07) is 5.69. The van der Waals surface area contributed by atoms with Crippen molar-refractivity contribution in [2.75, 3.05) is 26.9 Å². The van der Waals surface area contributed by atoms with Gasteiger partial charge >= 0.3 is 0 Å². The number of aliphatic hydroxyl groups excluding tert-OH is 1. The number of carbonyl (C=O) groups excluding carboxylic acids is 2. The lowest BCUT2D eigenvalue weighted by atomic mass is 9.74. The summed E-state index contributed by atoms with van der Waals surface area (Å²) in [5.74, 6) is 1.23. The maximum atomic E-state index is 13.2. The van der Waals surface area contributed by atoms with Gasteiger partial charge in [-0.2, -0.15) is 0 Å². The van der Waals surface area contributed by atoms with E-state index in [9.17, 15) is 9.59 Å². The normalized spacial score (nSPS) is 14.4. The van der Waals surface area contributed by atoms with Gasteiger partial charge in [0.2, 0.25) is 5.91 Å². The second kappa shape index (κ2) is 11.8. The van der Waals surface area contributed by atoms with Crippen molar-refractivity contribution < 1.29 is 24.2 Å². The lowest BCUT2D eigenvalue weighted by Gasteiger charge is -2.30. The number of methoxy groups -OCH3 is 1. The van der Waals surface area contributed by atoms with Crippen LogP contribution < -0.4 is 14.8 Å². The van der Waals surface area contributed by atoms with Crippen molar-refractivity contribution in [1.29, 1.82) is 0 Å². The Morgan fingerprint density at radius 3 is 2.74 bits per heavy atom. The smallest absolute Gasteiger partial charge is 0.245 e. The van der Waals surface area contributed by atoms with E-state index in [-0.39, 0.29) is 5.78 Å². The van der Waals surface area contributed by atoms with Crippen LogP contribution in [0.2, 0.25) is 0 Å². The van der Waals surface area contributed by atoms with E-state index < -0.39 is 12.5 Å². The molecule has 2 aromatic rings. The van der Waals surface area contributed by atoms with E-state index in [0.717, 1.165) is 36.1 Å². The zero-order chi connectivity index (χ0) is 24.7. The van der Waals surface area contributed by atoms with Crippen LogP contribution in [0.4, 0.5) is 0 Å². The van der Waals surface area contributed by atoms with Crippen LogP contribution in [0.5, 0.6) is 11.5 Å². The van der Waals surface area contributed by atoms with Gasteiger partial charge in [-0.25, -0.2) is 0 Å².